The lowest BCUT2D eigenvalue weighted by Gasteiger charge is -2.20. The number of aliphatic hydroxyl groups excluding tert-OH is 2. The summed E-state index contributed by atoms with van der Waals surface area (Å²) in [6, 6.07) is 7.28. The third kappa shape index (κ3) is 8.86. The van der Waals surface area contributed by atoms with Gasteiger partial charge in [-0.15, -0.1) is 0 Å². The molecule has 0 aliphatic carbocycles. The summed E-state index contributed by atoms with van der Waals surface area (Å²) < 4.78 is 5.75. The van der Waals surface area contributed by atoms with E-state index in [9.17, 15) is 4.79 Å². The third-order valence-corrected chi connectivity index (χ3v) is 3.85. The van der Waals surface area contributed by atoms with Crippen molar-refractivity contribution in [1.82, 2.24) is 10.2 Å². The first-order valence-electron chi connectivity index (χ1n) is 9.02. The van der Waals surface area contributed by atoms with Crippen LogP contribution in [0.4, 0.5) is 0 Å². The van der Waals surface area contributed by atoms with Gasteiger partial charge in [0.15, 0.2) is 0 Å². The molecule has 0 fully saturated rings. The molecule has 6 nitrogen and oxygen atoms in total. The zero-order valence-electron chi connectivity index (χ0n) is 15.4. The summed E-state index contributed by atoms with van der Waals surface area (Å²) in [6.07, 6.45) is 1.70. The van der Waals surface area contributed by atoms with Gasteiger partial charge in [0.2, 0.25) is 0 Å². The number of nitrogens with one attached hydrogen (secondary N) is 1. The number of rotatable bonds is 13. The van der Waals surface area contributed by atoms with Crippen molar-refractivity contribution >= 4 is 5.91 Å². The number of aliphatic hydroxyl groups is 2. The zero-order chi connectivity index (χ0) is 18.5. The number of hydrogen-bond acceptors (Lipinski definition) is 5. The van der Waals surface area contributed by atoms with E-state index in [-0.39, 0.29) is 19.1 Å². The lowest BCUT2D eigenvalue weighted by molar-refractivity contribution is 0.0945. The van der Waals surface area contributed by atoms with E-state index in [1.165, 1.54) is 0 Å². The van der Waals surface area contributed by atoms with Crippen molar-refractivity contribution in [2.45, 2.75) is 26.7 Å². The van der Waals surface area contributed by atoms with Crippen LogP contribution in [-0.4, -0.2) is 67.0 Å². The summed E-state index contributed by atoms with van der Waals surface area (Å²) in [5.74, 6) is 1.03. The van der Waals surface area contributed by atoms with Gasteiger partial charge in [-0.1, -0.05) is 26.0 Å². The molecule has 0 heterocycles. The van der Waals surface area contributed by atoms with Gasteiger partial charge in [-0.2, -0.15) is 0 Å². The van der Waals surface area contributed by atoms with E-state index in [0.29, 0.717) is 50.0 Å². The number of carbonyl (C=O) groups excluding carboxylic acids is 1. The monoisotopic (exact) mass is 352 g/mol. The molecule has 0 aliphatic heterocycles. The Balaban J connectivity index is 2.43. The fraction of sp³-hybridized carbons (Fsp3) is 0.632. The fourth-order valence-electron chi connectivity index (χ4n) is 2.40. The maximum Gasteiger partial charge on any atom is 0.255 e. The average molecular weight is 352 g/mol. The minimum absolute atomic E-state index is 0.0629. The molecule has 0 atom stereocenters. The van der Waals surface area contributed by atoms with Gasteiger partial charge in [0.1, 0.15) is 5.75 Å². The van der Waals surface area contributed by atoms with Gasteiger partial charge in [-0.05, 0) is 37.4 Å². The number of amides is 1. The molecule has 0 saturated heterocycles. The van der Waals surface area contributed by atoms with E-state index in [1.54, 1.807) is 6.07 Å². The van der Waals surface area contributed by atoms with E-state index in [0.717, 1.165) is 12.8 Å². The van der Waals surface area contributed by atoms with Gasteiger partial charge in [-0.3, -0.25) is 9.69 Å². The van der Waals surface area contributed by atoms with Gasteiger partial charge in [0, 0.05) is 19.6 Å². The van der Waals surface area contributed by atoms with Crippen molar-refractivity contribution in [1.29, 1.82) is 0 Å². The second-order valence-corrected chi connectivity index (χ2v) is 6.43. The maximum absolute atomic E-state index is 12.4. The highest BCUT2D eigenvalue weighted by atomic mass is 16.5. The number of benzene rings is 1. The van der Waals surface area contributed by atoms with Gasteiger partial charge < -0.3 is 20.3 Å². The van der Waals surface area contributed by atoms with Crippen LogP contribution < -0.4 is 10.1 Å². The largest absolute Gasteiger partial charge is 0.493 e. The number of hydrogen-bond donors (Lipinski definition) is 3. The van der Waals surface area contributed by atoms with Crippen molar-refractivity contribution in [3.8, 4) is 5.75 Å². The van der Waals surface area contributed by atoms with Gasteiger partial charge in [0.25, 0.3) is 5.91 Å². The van der Waals surface area contributed by atoms with Crippen LogP contribution >= 0.6 is 0 Å². The molecule has 1 aromatic carbocycles. The van der Waals surface area contributed by atoms with Crippen LogP contribution in [0.3, 0.4) is 0 Å². The summed E-state index contributed by atoms with van der Waals surface area (Å²) >= 11 is 0. The first-order valence-corrected chi connectivity index (χ1v) is 9.02. The second-order valence-electron chi connectivity index (χ2n) is 6.43. The first-order chi connectivity index (χ1) is 12.1. The molecule has 25 heavy (non-hydrogen) atoms. The van der Waals surface area contributed by atoms with Crippen LogP contribution in [0.5, 0.6) is 5.75 Å². The Morgan fingerprint density at radius 2 is 1.84 bits per heavy atom. The van der Waals surface area contributed by atoms with E-state index < -0.39 is 0 Å². The molecule has 1 rings (SSSR count). The molecule has 0 bridgehead atoms. The smallest absolute Gasteiger partial charge is 0.255 e. The van der Waals surface area contributed by atoms with Crippen molar-refractivity contribution < 1.29 is 19.7 Å². The molecule has 0 aromatic heterocycles. The molecular formula is C19H32N2O4. The second kappa shape index (κ2) is 12.7. The van der Waals surface area contributed by atoms with Crippen molar-refractivity contribution in [2.75, 3.05) is 46.0 Å². The molecule has 0 spiro atoms. The normalized spacial score (nSPS) is 11.1. The Morgan fingerprint density at radius 3 is 2.48 bits per heavy atom. The molecular weight excluding hydrogens is 320 g/mol. The van der Waals surface area contributed by atoms with E-state index in [2.05, 4.69) is 19.2 Å². The van der Waals surface area contributed by atoms with Gasteiger partial charge in [0.05, 0.1) is 25.4 Å². The van der Waals surface area contributed by atoms with Crippen LogP contribution in [0.2, 0.25) is 0 Å². The predicted molar refractivity (Wildman–Crippen MR) is 99.0 cm³/mol. The van der Waals surface area contributed by atoms with Crippen LogP contribution in [0.15, 0.2) is 24.3 Å². The van der Waals surface area contributed by atoms with Crippen LogP contribution in [0.1, 0.15) is 37.0 Å². The lowest BCUT2D eigenvalue weighted by Crippen LogP contribution is -2.33. The van der Waals surface area contributed by atoms with Crippen molar-refractivity contribution in [3.63, 3.8) is 0 Å². The minimum Gasteiger partial charge on any atom is -0.493 e. The third-order valence-electron chi connectivity index (χ3n) is 3.85. The molecule has 1 aromatic rings. The Kier molecular flexibility index (Phi) is 10.9. The SMILES string of the molecule is CC(C)CCOc1ccccc1C(=O)NCCCN(CCO)CCO. The summed E-state index contributed by atoms with van der Waals surface area (Å²) in [4.78, 5) is 14.3. The molecule has 6 heteroatoms. The van der Waals surface area contributed by atoms with Crippen LogP contribution in [0, 0.1) is 5.92 Å². The highest BCUT2D eigenvalue weighted by Gasteiger charge is 2.12. The Morgan fingerprint density at radius 1 is 1.16 bits per heavy atom. The summed E-state index contributed by atoms with van der Waals surface area (Å²) in [5.41, 5.74) is 0.550. The first kappa shape index (κ1) is 21.4. The molecule has 0 unspecified atom stereocenters. The summed E-state index contributed by atoms with van der Waals surface area (Å²) in [5, 5.41) is 20.9. The van der Waals surface area contributed by atoms with Crippen LogP contribution in [-0.2, 0) is 0 Å². The topological polar surface area (TPSA) is 82.0 Å². The predicted octanol–water partition coefficient (Wildman–Crippen LogP) is 1.52. The van der Waals surface area contributed by atoms with E-state index in [4.69, 9.17) is 14.9 Å². The average Bonchev–Trinajstić information content (AvgIpc) is 2.59. The molecule has 0 saturated carbocycles. The molecule has 3 N–H and O–H groups in total. The Bertz CT molecular complexity index is 488. The van der Waals surface area contributed by atoms with Crippen molar-refractivity contribution in [3.05, 3.63) is 29.8 Å². The number of nitrogens with zero attached hydrogens (tertiary/aromatic N) is 1. The Labute approximate surface area is 150 Å². The van der Waals surface area contributed by atoms with Crippen LogP contribution in [0.25, 0.3) is 0 Å². The van der Waals surface area contributed by atoms with E-state index >= 15 is 0 Å². The quantitative estimate of drug-likeness (QED) is 0.469. The summed E-state index contributed by atoms with van der Waals surface area (Å²) in [7, 11) is 0. The Hall–Kier alpha value is -1.63. The van der Waals surface area contributed by atoms with E-state index in [1.807, 2.05) is 23.1 Å². The molecule has 0 aliphatic rings. The highest BCUT2D eigenvalue weighted by molar-refractivity contribution is 5.96. The molecule has 0 radical (unpaired) electrons. The highest BCUT2D eigenvalue weighted by Crippen LogP contribution is 2.18. The zero-order valence-corrected chi connectivity index (χ0v) is 15.4. The molecule has 1 amide bonds. The molecule has 142 valence electrons. The van der Waals surface area contributed by atoms with Gasteiger partial charge in [-0.25, -0.2) is 0 Å². The summed E-state index contributed by atoms with van der Waals surface area (Å²) in [6.45, 7) is 7.31. The fourth-order valence-corrected chi connectivity index (χ4v) is 2.40. The number of carbonyl (C=O) groups is 1. The van der Waals surface area contributed by atoms with Gasteiger partial charge >= 0.3 is 0 Å². The lowest BCUT2D eigenvalue weighted by atomic mass is 10.1. The minimum atomic E-state index is -0.143. The maximum atomic E-state index is 12.4. The number of para-hydroxylation sites is 1. The number of ether oxygens (including phenoxy) is 1. The standard InChI is InChI=1S/C19H32N2O4/c1-16(2)8-15-25-18-7-4-3-6-17(18)19(24)20-9-5-10-21(11-13-22)12-14-23/h3-4,6-7,16,22-23H,5,8-15H2,1-2H3,(H,20,24). The van der Waals surface area contributed by atoms with Crippen molar-refractivity contribution in [2.24, 2.45) is 5.92 Å².